The van der Waals surface area contributed by atoms with Crippen LogP contribution in [0.1, 0.15) is 15.9 Å². The highest BCUT2D eigenvalue weighted by atomic mass is 32.2. The van der Waals surface area contributed by atoms with E-state index in [4.69, 9.17) is 0 Å². The maximum absolute atomic E-state index is 13.0. The molecule has 0 saturated carbocycles. The van der Waals surface area contributed by atoms with Gasteiger partial charge in [-0.25, -0.2) is 8.78 Å². The van der Waals surface area contributed by atoms with E-state index in [1.165, 1.54) is 12.1 Å². The van der Waals surface area contributed by atoms with Crippen molar-refractivity contribution in [2.24, 2.45) is 0 Å². The zero-order valence-electron chi connectivity index (χ0n) is 9.43. The molecule has 1 unspecified atom stereocenters. The molecule has 0 aromatic heterocycles. The molecule has 0 aliphatic rings. The van der Waals surface area contributed by atoms with Crippen molar-refractivity contribution in [1.29, 1.82) is 0 Å². The molecule has 3 nitrogen and oxygen atoms in total. The summed E-state index contributed by atoms with van der Waals surface area (Å²) in [7, 11) is 0. The highest BCUT2D eigenvalue weighted by Gasteiger charge is 2.15. The quantitative estimate of drug-likeness (QED) is 0.641. The molecule has 0 radical (unpaired) electrons. The molecule has 2 rings (SSSR count). The average Bonchev–Trinajstić information content (AvgIpc) is 2.38. The fourth-order valence-electron chi connectivity index (χ4n) is 1.58. The molecule has 0 bridgehead atoms. The maximum Gasteiger partial charge on any atom is 0.194 e. The normalized spacial score (nSPS) is 12.2. The van der Waals surface area contributed by atoms with E-state index in [0.29, 0.717) is 0 Å². The van der Waals surface area contributed by atoms with Crippen LogP contribution in [0.4, 0.5) is 8.78 Å². The number of hydrogen-bond donors (Lipinski definition) is 0. The van der Waals surface area contributed by atoms with Gasteiger partial charge in [0.1, 0.15) is 11.6 Å². The van der Waals surface area contributed by atoms with Crippen LogP contribution in [-0.2, 0) is 11.1 Å². The van der Waals surface area contributed by atoms with Crippen LogP contribution in [0, 0.1) is 11.6 Å². The van der Waals surface area contributed by atoms with Gasteiger partial charge in [0.05, 0.1) is 0 Å². The lowest BCUT2D eigenvalue weighted by atomic mass is 10.0. The lowest BCUT2D eigenvalue weighted by Gasteiger charge is -2.11. The summed E-state index contributed by atoms with van der Waals surface area (Å²) < 4.78 is 47.7. The third-order valence-corrected chi connectivity index (χ3v) is 3.17. The highest BCUT2D eigenvalue weighted by Crippen LogP contribution is 2.19. The summed E-state index contributed by atoms with van der Waals surface area (Å²) in [5.41, 5.74) is -0.0268. The maximum atomic E-state index is 13.0. The van der Waals surface area contributed by atoms with Gasteiger partial charge in [-0.3, -0.25) is 9.00 Å². The van der Waals surface area contributed by atoms with Gasteiger partial charge in [0.25, 0.3) is 0 Å². The van der Waals surface area contributed by atoms with E-state index >= 15 is 0 Å². The number of halogens is 2. The Balaban J connectivity index is 2.49. The minimum atomic E-state index is -2.73. The molecule has 0 N–H and O–H groups in total. The monoisotopic (exact) mass is 281 g/mol. The van der Waals surface area contributed by atoms with Crippen LogP contribution in [0.3, 0.4) is 0 Å². The van der Waals surface area contributed by atoms with E-state index in [1.54, 1.807) is 0 Å². The molecule has 0 amide bonds. The third-order valence-electron chi connectivity index (χ3n) is 2.47. The lowest BCUT2D eigenvalue weighted by molar-refractivity contribution is 0.103. The first-order valence-electron chi connectivity index (χ1n) is 5.18. The Kier molecular flexibility index (Phi) is 3.82. The van der Waals surface area contributed by atoms with Crippen LogP contribution in [0.15, 0.2) is 47.4 Å². The van der Waals surface area contributed by atoms with Gasteiger partial charge < -0.3 is 4.55 Å². The van der Waals surface area contributed by atoms with Crippen molar-refractivity contribution < 1.29 is 22.3 Å². The second-order valence-corrected chi connectivity index (χ2v) is 4.62. The van der Waals surface area contributed by atoms with E-state index in [9.17, 15) is 22.3 Å². The molecule has 0 aliphatic carbocycles. The summed E-state index contributed by atoms with van der Waals surface area (Å²) in [6, 6.07) is 7.49. The van der Waals surface area contributed by atoms with Gasteiger partial charge >= 0.3 is 0 Å². The Morgan fingerprint density at radius 2 is 1.58 bits per heavy atom. The molecule has 19 heavy (non-hydrogen) atoms. The summed E-state index contributed by atoms with van der Waals surface area (Å²) >= 11 is -2.73. The Bertz CT molecular complexity index is 653. The minimum Gasteiger partial charge on any atom is -0.768 e. The molecule has 1 atom stereocenters. The largest absolute Gasteiger partial charge is 0.768 e. The zero-order valence-corrected chi connectivity index (χ0v) is 10.2. The van der Waals surface area contributed by atoms with Crippen LogP contribution in [0.2, 0.25) is 0 Å². The highest BCUT2D eigenvalue weighted by molar-refractivity contribution is 7.79. The predicted octanol–water partition coefficient (Wildman–Crippen LogP) is 2.43. The van der Waals surface area contributed by atoms with Crippen molar-refractivity contribution in [2.45, 2.75) is 4.90 Å². The zero-order chi connectivity index (χ0) is 14.0. The molecule has 2 aromatic carbocycles. The Morgan fingerprint density at radius 3 is 2.16 bits per heavy atom. The van der Waals surface area contributed by atoms with Crippen molar-refractivity contribution in [3.05, 3.63) is 65.2 Å². The fraction of sp³-hybridized carbons (Fsp3) is 0. The van der Waals surface area contributed by atoms with E-state index < -0.39 is 33.4 Å². The molecular weight excluding hydrogens is 274 g/mol. The second-order valence-electron chi connectivity index (χ2n) is 3.71. The van der Waals surface area contributed by atoms with Crippen molar-refractivity contribution in [3.63, 3.8) is 0 Å². The van der Waals surface area contributed by atoms with Crippen molar-refractivity contribution >= 4 is 16.9 Å². The van der Waals surface area contributed by atoms with E-state index in [1.807, 2.05) is 0 Å². The number of rotatable bonds is 3. The third kappa shape index (κ3) is 2.91. The summed E-state index contributed by atoms with van der Waals surface area (Å²) in [4.78, 5) is 11.7. The summed E-state index contributed by atoms with van der Waals surface area (Å²) in [5, 5.41) is 0. The SMILES string of the molecule is O=C(c1ccc(F)cc1)c1ccc(F)cc1S(=O)[O-]. The van der Waals surface area contributed by atoms with Gasteiger partial charge in [-0.05, 0) is 53.5 Å². The van der Waals surface area contributed by atoms with Crippen LogP contribution < -0.4 is 0 Å². The first-order valence-corrected chi connectivity index (χ1v) is 6.25. The predicted molar refractivity (Wildman–Crippen MR) is 63.4 cm³/mol. The van der Waals surface area contributed by atoms with Crippen LogP contribution in [0.5, 0.6) is 0 Å². The standard InChI is InChI=1S/C13H8F2O3S/c14-9-3-1-8(2-4-9)13(16)11-6-5-10(15)7-12(11)19(17)18/h1-7H,(H,17,18)/p-1. The number of carbonyl (C=O) groups is 1. The van der Waals surface area contributed by atoms with Crippen LogP contribution >= 0.6 is 0 Å². The summed E-state index contributed by atoms with van der Waals surface area (Å²) in [5.74, 6) is -1.88. The van der Waals surface area contributed by atoms with Gasteiger partial charge in [-0.2, -0.15) is 0 Å². The molecule has 98 valence electrons. The summed E-state index contributed by atoms with van der Waals surface area (Å²) in [6.45, 7) is 0. The number of ketones is 1. The first kappa shape index (κ1) is 13.5. The topological polar surface area (TPSA) is 57.2 Å². The Morgan fingerprint density at radius 1 is 1.00 bits per heavy atom. The molecular formula is C13H7F2O3S-. The van der Waals surface area contributed by atoms with Gasteiger partial charge in [0.15, 0.2) is 5.78 Å². The van der Waals surface area contributed by atoms with Gasteiger partial charge in [0, 0.05) is 16.0 Å². The summed E-state index contributed by atoms with van der Waals surface area (Å²) in [6.07, 6.45) is 0. The molecule has 0 saturated heterocycles. The lowest BCUT2D eigenvalue weighted by Crippen LogP contribution is -2.07. The second kappa shape index (κ2) is 5.38. The molecule has 6 heteroatoms. The van der Waals surface area contributed by atoms with E-state index in [2.05, 4.69) is 0 Å². The fourth-order valence-corrected chi connectivity index (χ4v) is 2.13. The molecule has 2 aromatic rings. The van der Waals surface area contributed by atoms with Gasteiger partial charge in [-0.1, -0.05) is 0 Å². The Hall–Kier alpha value is -1.92. The van der Waals surface area contributed by atoms with Crippen molar-refractivity contribution in [3.8, 4) is 0 Å². The number of hydrogen-bond acceptors (Lipinski definition) is 3. The first-order chi connectivity index (χ1) is 8.99. The van der Waals surface area contributed by atoms with Crippen LogP contribution in [-0.4, -0.2) is 14.5 Å². The number of benzene rings is 2. The minimum absolute atomic E-state index is 0.125. The molecule has 0 aliphatic heterocycles. The molecule has 0 spiro atoms. The molecule has 0 fully saturated rings. The average molecular weight is 281 g/mol. The van der Waals surface area contributed by atoms with Gasteiger partial charge in [-0.15, -0.1) is 0 Å². The van der Waals surface area contributed by atoms with E-state index in [-0.39, 0.29) is 11.1 Å². The smallest absolute Gasteiger partial charge is 0.194 e. The Labute approximate surface area is 110 Å². The number of carbonyl (C=O) groups excluding carboxylic acids is 1. The molecule has 0 heterocycles. The van der Waals surface area contributed by atoms with E-state index in [0.717, 1.165) is 30.3 Å². The van der Waals surface area contributed by atoms with Crippen LogP contribution in [0.25, 0.3) is 0 Å². The van der Waals surface area contributed by atoms with Crippen molar-refractivity contribution in [2.75, 3.05) is 0 Å². The van der Waals surface area contributed by atoms with Gasteiger partial charge in [0.2, 0.25) is 0 Å². The van der Waals surface area contributed by atoms with Crippen molar-refractivity contribution in [1.82, 2.24) is 0 Å².